The average molecular weight is 400 g/mol. The van der Waals surface area contributed by atoms with Crippen molar-refractivity contribution in [2.24, 2.45) is 0 Å². The van der Waals surface area contributed by atoms with Crippen LogP contribution >= 0.6 is 15.9 Å². The third-order valence-corrected chi connectivity index (χ3v) is 4.60. The van der Waals surface area contributed by atoms with Crippen LogP contribution in [0.15, 0.2) is 64.0 Å². The molecule has 1 heterocycles. The fraction of sp³-hybridized carbons (Fsp3) is 0.211. The molecule has 1 atom stereocenters. The van der Waals surface area contributed by atoms with Gasteiger partial charge in [0.05, 0.1) is 23.3 Å². The second-order valence-corrected chi connectivity index (χ2v) is 6.67. The van der Waals surface area contributed by atoms with Gasteiger partial charge in [-0.1, -0.05) is 47.1 Å². The van der Waals surface area contributed by atoms with Crippen LogP contribution in [0.4, 0.5) is 0 Å². The van der Waals surface area contributed by atoms with Crippen LogP contribution in [0.1, 0.15) is 24.9 Å². The molecule has 0 aliphatic rings. The van der Waals surface area contributed by atoms with Crippen molar-refractivity contribution >= 4 is 32.9 Å². The highest BCUT2D eigenvalue weighted by Gasteiger charge is 2.14. The molecule has 0 radical (unpaired) electrons. The summed E-state index contributed by atoms with van der Waals surface area (Å²) in [6, 6.07) is 15.1. The van der Waals surface area contributed by atoms with Gasteiger partial charge in [0.2, 0.25) is 5.91 Å². The molecule has 0 aliphatic heterocycles. The van der Waals surface area contributed by atoms with Gasteiger partial charge < -0.3 is 5.32 Å². The summed E-state index contributed by atoms with van der Waals surface area (Å²) < 4.78 is 2.44. The third kappa shape index (κ3) is 3.96. The van der Waals surface area contributed by atoms with E-state index in [-0.39, 0.29) is 24.1 Å². The maximum Gasteiger partial charge on any atom is 0.269 e. The van der Waals surface area contributed by atoms with Crippen LogP contribution in [0.2, 0.25) is 0 Å². The number of nitrogens with one attached hydrogen (secondary N) is 1. The lowest BCUT2D eigenvalue weighted by molar-refractivity contribution is -0.122. The van der Waals surface area contributed by atoms with E-state index in [2.05, 4.69) is 26.2 Å². The summed E-state index contributed by atoms with van der Waals surface area (Å²) in [6.45, 7) is 1.98. The molecule has 0 bridgehead atoms. The number of para-hydroxylation sites is 2. The van der Waals surface area contributed by atoms with E-state index in [9.17, 15) is 9.59 Å². The summed E-state index contributed by atoms with van der Waals surface area (Å²) in [5.74, 6) is -0.201. The summed E-state index contributed by atoms with van der Waals surface area (Å²) in [5.41, 5.74) is 2.09. The number of nitrogens with zero attached hydrogens (tertiary/aromatic N) is 2. The summed E-state index contributed by atoms with van der Waals surface area (Å²) in [7, 11) is 0. The number of fused-ring (bicyclic) bond motifs is 1. The average Bonchev–Trinajstić information content (AvgIpc) is 2.63. The van der Waals surface area contributed by atoms with Gasteiger partial charge in [-0.15, -0.1) is 0 Å². The molecular formula is C19H18BrN3O2. The van der Waals surface area contributed by atoms with E-state index >= 15 is 0 Å². The van der Waals surface area contributed by atoms with Crippen LogP contribution in [0.25, 0.3) is 11.0 Å². The molecule has 0 saturated carbocycles. The molecule has 0 spiro atoms. The Hall–Kier alpha value is -2.47. The number of halogens is 1. The summed E-state index contributed by atoms with van der Waals surface area (Å²) in [4.78, 5) is 28.8. The lowest BCUT2D eigenvalue weighted by atomic mass is 10.0. The molecule has 2 aromatic carbocycles. The van der Waals surface area contributed by atoms with Crippen molar-refractivity contribution in [3.8, 4) is 0 Å². The highest BCUT2D eigenvalue weighted by atomic mass is 79.9. The second kappa shape index (κ2) is 7.61. The minimum absolute atomic E-state index is 0.0328. The van der Waals surface area contributed by atoms with Gasteiger partial charge in [0, 0.05) is 4.47 Å². The molecular weight excluding hydrogens is 382 g/mol. The van der Waals surface area contributed by atoms with Gasteiger partial charge in [0.15, 0.2) is 0 Å². The maximum atomic E-state index is 12.5. The van der Waals surface area contributed by atoms with E-state index in [1.165, 1.54) is 10.8 Å². The van der Waals surface area contributed by atoms with E-state index in [4.69, 9.17) is 0 Å². The van der Waals surface area contributed by atoms with E-state index in [1.54, 1.807) is 6.07 Å². The van der Waals surface area contributed by atoms with Crippen LogP contribution in [0, 0.1) is 0 Å². The van der Waals surface area contributed by atoms with Crippen LogP contribution in [0.5, 0.6) is 0 Å². The number of carbonyl (C=O) groups excluding carboxylic acids is 1. The van der Waals surface area contributed by atoms with Gasteiger partial charge in [-0.3, -0.25) is 14.2 Å². The SMILES string of the molecule is CCC(NC(=O)Cn1c(=O)cnc2ccccc21)c1ccc(Br)cc1. The zero-order chi connectivity index (χ0) is 17.8. The summed E-state index contributed by atoms with van der Waals surface area (Å²) >= 11 is 3.41. The predicted molar refractivity (Wildman–Crippen MR) is 101 cm³/mol. The Morgan fingerprint density at radius 2 is 1.92 bits per heavy atom. The molecule has 0 saturated heterocycles. The molecule has 1 amide bonds. The van der Waals surface area contributed by atoms with E-state index in [0.29, 0.717) is 11.0 Å². The quantitative estimate of drug-likeness (QED) is 0.714. The van der Waals surface area contributed by atoms with Crippen LogP contribution in [-0.4, -0.2) is 15.5 Å². The molecule has 5 nitrogen and oxygen atoms in total. The second-order valence-electron chi connectivity index (χ2n) is 5.75. The number of aromatic nitrogens is 2. The fourth-order valence-corrected chi connectivity index (χ4v) is 3.04. The molecule has 0 aliphatic carbocycles. The first-order chi connectivity index (χ1) is 12.1. The standard InChI is InChI=1S/C19H18BrN3O2/c1-2-15(13-7-9-14(20)10-8-13)22-18(24)12-23-17-6-4-3-5-16(17)21-11-19(23)25/h3-11,15H,2,12H2,1H3,(H,22,24). The van der Waals surface area contributed by atoms with Crippen molar-refractivity contribution in [1.29, 1.82) is 0 Å². The first-order valence-electron chi connectivity index (χ1n) is 8.08. The van der Waals surface area contributed by atoms with Crippen molar-refractivity contribution in [3.05, 3.63) is 75.1 Å². The Bertz CT molecular complexity index is 951. The number of carbonyl (C=O) groups is 1. The van der Waals surface area contributed by atoms with Crippen molar-refractivity contribution in [2.75, 3.05) is 0 Å². The lowest BCUT2D eigenvalue weighted by Crippen LogP contribution is -2.34. The van der Waals surface area contributed by atoms with Crippen molar-refractivity contribution < 1.29 is 4.79 Å². The summed E-state index contributed by atoms with van der Waals surface area (Å²) in [6.07, 6.45) is 2.01. The third-order valence-electron chi connectivity index (χ3n) is 4.07. The van der Waals surface area contributed by atoms with E-state index in [0.717, 1.165) is 16.5 Å². The number of hydrogen-bond acceptors (Lipinski definition) is 3. The zero-order valence-electron chi connectivity index (χ0n) is 13.8. The summed E-state index contributed by atoms with van der Waals surface area (Å²) in [5, 5.41) is 3.01. The monoisotopic (exact) mass is 399 g/mol. The molecule has 1 unspecified atom stereocenters. The molecule has 3 rings (SSSR count). The lowest BCUT2D eigenvalue weighted by Gasteiger charge is -2.18. The highest BCUT2D eigenvalue weighted by molar-refractivity contribution is 9.10. The van der Waals surface area contributed by atoms with Gasteiger partial charge >= 0.3 is 0 Å². The molecule has 1 N–H and O–H groups in total. The highest BCUT2D eigenvalue weighted by Crippen LogP contribution is 2.19. The molecule has 128 valence electrons. The zero-order valence-corrected chi connectivity index (χ0v) is 15.4. The predicted octanol–water partition coefficient (Wildman–Crippen LogP) is 3.43. The molecule has 6 heteroatoms. The molecule has 1 aromatic heterocycles. The number of hydrogen-bond donors (Lipinski definition) is 1. The fourth-order valence-electron chi connectivity index (χ4n) is 2.78. The van der Waals surface area contributed by atoms with Crippen molar-refractivity contribution in [1.82, 2.24) is 14.9 Å². The molecule has 3 aromatic rings. The number of rotatable bonds is 5. The minimum atomic E-state index is -0.287. The first-order valence-corrected chi connectivity index (χ1v) is 8.87. The van der Waals surface area contributed by atoms with Crippen LogP contribution < -0.4 is 10.9 Å². The molecule has 0 fully saturated rings. The Kier molecular flexibility index (Phi) is 5.28. The molecule has 25 heavy (non-hydrogen) atoms. The smallest absolute Gasteiger partial charge is 0.269 e. The van der Waals surface area contributed by atoms with Gasteiger partial charge in [-0.2, -0.15) is 0 Å². The number of benzene rings is 2. The normalized spacial score (nSPS) is 12.1. The van der Waals surface area contributed by atoms with E-state index < -0.39 is 0 Å². The first kappa shape index (κ1) is 17.4. The van der Waals surface area contributed by atoms with Crippen LogP contribution in [-0.2, 0) is 11.3 Å². The minimum Gasteiger partial charge on any atom is -0.348 e. The largest absolute Gasteiger partial charge is 0.348 e. The van der Waals surface area contributed by atoms with Crippen LogP contribution in [0.3, 0.4) is 0 Å². The Morgan fingerprint density at radius 1 is 1.20 bits per heavy atom. The van der Waals surface area contributed by atoms with Gasteiger partial charge in [0.1, 0.15) is 6.54 Å². The Morgan fingerprint density at radius 3 is 2.64 bits per heavy atom. The topological polar surface area (TPSA) is 64.0 Å². The Balaban J connectivity index is 1.81. The Labute approximate surface area is 153 Å². The number of amides is 1. The van der Waals surface area contributed by atoms with Gasteiger partial charge in [0.25, 0.3) is 5.56 Å². The van der Waals surface area contributed by atoms with Gasteiger partial charge in [-0.05, 0) is 36.2 Å². The van der Waals surface area contributed by atoms with E-state index in [1.807, 2.05) is 49.4 Å². The van der Waals surface area contributed by atoms with Gasteiger partial charge in [-0.25, -0.2) is 4.98 Å². The maximum absolute atomic E-state index is 12.5. The van der Waals surface area contributed by atoms with Crippen molar-refractivity contribution in [3.63, 3.8) is 0 Å². The van der Waals surface area contributed by atoms with Crippen molar-refractivity contribution in [2.45, 2.75) is 25.9 Å².